The van der Waals surface area contributed by atoms with Gasteiger partial charge in [0.15, 0.2) is 5.82 Å². The van der Waals surface area contributed by atoms with Gasteiger partial charge in [-0.2, -0.15) is 0 Å². The van der Waals surface area contributed by atoms with E-state index in [1.807, 2.05) is 24.4 Å². The van der Waals surface area contributed by atoms with Gasteiger partial charge < -0.3 is 20.2 Å². The molecule has 2 aliphatic rings. The predicted molar refractivity (Wildman–Crippen MR) is 169 cm³/mol. The van der Waals surface area contributed by atoms with Gasteiger partial charge in [0.2, 0.25) is 0 Å². The molecule has 1 atom stereocenters. The molecule has 7 rings (SSSR count). The number of aromatic amines is 2. The van der Waals surface area contributed by atoms with E-state index in [4.69, 9.17) is 4.98 Å². The van der Waals surface area contributed by atoms with Crippen molar-refractivity contribution in [3.8, 4) is 11.1 Å². The van der Waals surface area contributed by atoms with Gasteiger partial charge in [-0.3, -0.25) is 4.90 Å². The van der Waals surface area contributed by atoms with E-state index in [-0.39, 0.29) is 16.9 Å². The van der Waals surface area contributed by atoms with Crippen molar-refractivity contribution in [2.24, 2.45) is 5.41 Å². The van der Waals surface area contributed by atoms with E-state index in [0.29, 0.717) is 5.92 Å². The highest BCUT2D eigenvalue weighted by molar-refractivity contribution is 5.85. The Kier molecular flexibility index (Phi) is 6.97. The van der Waals surface area contributed by atoms with E-state index in [1.165, 1.54) is 17.2 Å². The summed E-state index contributed by atoms with van der Waals surface area (Å²) in [7, 11) is 0. The van der Waals surface area contributed by atoms with Crippen LogP contribution in [0, 0.1) is 11.2 Å². The van der Waals surface area contributed by atoms with Crippen molar-refractivity contribution in [1.82, 2.24) is 24.8 Å². The van der Waals surface area contributed by atoms with Gasteiger partial charge in [0.1, 0.15) is 17.8 Å². The van der Waals surface area contributed by atoms with Crippen molar-refractivity contribution in [2.75, 3.05) is 36.4 Å². The highest BCUT2D eigenvalue weighted by Crippen LogP contribution is 2.43. The fourth-order valence-electron chi connectivity index (χ4n) is 6.95. The number of aromatic nitrogens is 4. The molecule has 4 heterocycles. The van der Waals surface area contributed by atoms with Crippen LogP contribution in [0.15, 0.2) is 78.0 Å². The number of nitrogens with zero attached hydrogens (tertiary/aromatic N) is 4. The van der Waals surface area contributed by atoms with Crippen molar-refractivity contribution in [1.29, 1.82) is 0 Å². The predicted octanol–water partition coefficient (Wildman–Crippen LogP) is 6.42. The van der Waals surface area contributed by atoms with Gasteiger partial charge in [0.05, 0.1) is 17.2 Å². The average molecular weight is 578 g/mol. The molecular weight excluding hydrogens is 541 g/mol. The minimum absolute atomic E-state index is 0.173. The van der Waals surface area contributed by atoms with Crippen LogP contribution in [0.5, 0.6) is 0 Å². The lowest BCUT2D eigenvalue weighted by molar-refractivity contribution is 0.270. The third kappa shape index (κ3) is 5.41. The molecule has 0 aliphatic carbocycles. The number of nitrogens with one attached hydrogen (secondary N) is 3. The zero-order valence-electron chi connectivity index (χ0n) is 24.5. The Balaban J connectivity index is 1.10. The number of likely N-dealkylation sites (tertiary alicyclic amines) is 1. The SMILES string of the molecule is CC(C)c1ccccc1-c1cc(F)ccc1Nc1cncnc1N1CCC2(CCN(Cc3ccc4[nH]c(=O)[nH]c4c3)C2)C1. The molecule has 3 aromatic carbocycles. The van der Waals surface area contributed by atoms with Gasteiger partial charge in [-0.05, 0) is 72.3 Å². The number of anilines is 3. The second-order valence-corrected chi connectivity index (χ2v) is 12.4. The minimum atomic E-state index is -0.266. The fourth-order valence-corrected chi connectivity index (χ4v) is 6.95. The highest BCUT2D eigenvalue weighted by Gasteiger charge is 2.44. The van der Waals surface area contributed by atoms with Crippen LogP contribution < -0.4 is 15.9 Å². The first-order valence-electron chi connectivity index (χ1n) is 15.0. The van der Waals surface area contributed by atoms with Gasteiger partial charge in [-0.15, -0.1) is 0 Å². The third-order valence-electron chi connectivity index (χ3n) is 9.06. The Morgan fingerprint density at radius 3 is 2.67 bits per heavy atom. The molecular formula is C34H36FN7O. The van der Waals surface area contributed by atoms with Gasteiger partial charge in [-0.25, -0.2) is 19.2 Å². The molecule has 220 valence electrons. The molecule has 2 aromatic heterocycles. The molecule has 3 N–H and O–H groups in total. The number of halogens is 1. The second-order valence-electron chi connectivity index (χ2n) is 12.4. The summed E-state index contributed by atoms with van der Waals surface area (Å²) in [4.78, 5) is 31.3. The second kappa shape index (κ2) is 11.0. The quantitative estimate of drug-likeness (QED) is 0.207. The molecule has 8 nitrogen and oxygen atoms in total. The normalized spacial score (nSPS) is 18.8. The summed E-state index contributed by atoms with van der Waals surface area (Å²) in [6.45, 7) is 9.07. The van der Waals surface area contributed by atoms with Crippen molar-refractivity contribution >= 4 is 28.2 Å². The summed E-state index contributed by atoms with van der Waals surface area (Å²) in [5, 5.41) is 3.58. The monoisotopic (exact) mass is 577 g/mol. The molecule has 2 saturated heterocycles. The summed E-state index contributed by atoms with van der Waals surface area (Å²) >= 11 is 0. The maximum atomic E-state index is 14.6. The Bertz CT molecular complexity index is 1850. The summed E-state index contributed by atoms with van der Waals surface area (Å²) in [6, 6.07) is 19.3. The number of benzene rings is 3. The minimum Gasteiger partial charge on any atom is -0.354 e. The van der Waals surface area contributed by atoms with Crippen LogP contribution in [0.1, 0.15) is 43.7 Å². The van der Waals surface area contributed by atoms with Crippen LogP contribution >= 0.6 is 0 Å². The molecule has 0 radical (unpaired) electrons. The smallest absolute Gasteiger partial charge is 0.323 e. The standard InChI is InChI=1S/C34H36FN7O/c1-22(2)25-5-3-4-6-26(25)27-16-24(35)8-10-28(27)38-31-17-36-21-37-32(31)42-14-12-34(20-42)11-13-41(19-34)18-23-7-9-29-30(15-23)40-33(43)39-29/h3-10,15-17,21-22,38H,11-14,18-20H2,1-2H3,(H2,39,40,43). The van der Waals surface area contributed by atoms with E-state index in [9.17, 15) is 9.18 Å². The van der Waals surface area contributed by atoms with Crippen molar-refractivity contribution < 1.29 is 4.39 Å². The van der Waals surface area contributed by atoms with Gasteiger partial charge in [0.25, 0.3) is 0 Å². The zero-order valence-corrected chi connectivity index (χ0v) is 24.5. The molecule has 1 spiro atoms. The van der Waals surface area contributed by atoms with Gasteiger partial charge in [0, 0.05) is 42.8 Å². The van der Waals surface area contributed by atoms with Crippen LogP contribution in [0.25, 0.3) is 22.2 Å². The topological polar surface area (TPSA) is 92.9 Å². The Hall–Kier alpha value is -4.50. The van der Waals surface area contributed by atoms with E-state index in [1.54, 1.807) is 18.5 Å². The lowest BCUT2D eigenvalue weighted by atomic mass is 9.86. The van der Waals surface area contributed by atoms with Crippen molar-refractivity contribution in [2.45, 2.75) is 39.2 Å². The number of fused-ring (bicyclic) bond motifs is 1. The zero-order chi connectivity index (χ0) is 29.6. The molecule has 1 unspecified atom stereocenters. The molecule has 0 amide bonds. The number of H-pyrrole nitrogens is 2. The average Bonchev–Trinajstić information content (AvgIpc) is 3.71. The molecule has 2 fully saturated rings. The summed E-state index contributed by atoms with van der Waals surface area (Å²) in [5.41, 5.74) is 7.58. The first-order valence-corrected chi connectivity index (χ1v) is 15.0. The van der Waals surface area contributed by atoms with Crippen LogP contribution in [-0.2, 0) is 6.54 Å². The Morgan fingerprint density at radius 1 is 0.953 bits per heavy atom. The first kappa shape index (κ1) is 27.3. The Labute approximate surface area is 250 Å². The molecule has 9 heteroatoms. The maximum Gasteiger partial charge on any atom is 0.323 e. The van der Waals surface area contributed by atoms with Crippen molar-refractivity contribution in [3.63, 3.8) is 0 Å². The van der Waals surface area contributed by atoms with E-state index in [2.05, 4.69) is 68.2 Å². The number of rotatable bonds is 7. The number of hydrogen-bond acceptors (Lipinski definition) is 6. The molecule has 0 saturated carbocycles. The van der Waals surface area contributed by atoms with Gasteiger partial charge >= 0.3 is 5.69 Å². The van der Waals surface area contributed by atoms with E-state index < -0.39 is 0 Å². The van der Waals surface area contributed by atoms with Crippen LogP contribution in [0.2, 0.25) is 0 Å². The molecule has 5 aromatic rings. The van der Waals surface area contributed by atoms with Gasteiger partial charge in [-0.1, -0.05) is 44.2 Å². The largest absolute Gasteiger partial charge is 0.354 e. The number of hydrogen-bond donors (Lipinski definition) is 3. The summed E-state index contributed by atoms with van der Waals surface area (Å²) in [6.07, 6.45) is 5.65. The highest BCUT2D eigenvalue weighted by atomic mass is 19.1. The summed E-state index contributed by atoms with van der Waals surface area (Å²) in [5.74, 6) is 0.909. The molecule has 0 bridgehead atoms. The number of imidazole rings is 1. The molecule has 2 aliphatic heterocycles. The fraction of sp³-hybridized carbons (Fsp3) is 0.324. The van der Waals surface area contributed by atoms with Crippen LogP contribution in [-0.4, -0.2) is 51.0 Å². The third-order valence-corrected chi connectivity index (χ3v) is 9.06. The summed E-state index contributed by atoms with van der Waals surface area (Å²) < 4.78 is 14.6. The lowest BCUT2D eigenvalue weighted by Crippen LogP contribution is -2.31. The maximum absolute atomic E-state index is 14.6. The van der Waals surface area contributed by atoms with Crippen molar-refractivity contribution in [3.05, 3.63) is 101 Å². The lowest BCUT2D eigenvalue weighted by Gasteiger charge is -2.26. The first-order chi connectivity index (χ1) is 20.9. The van der Waals surface area contributed by atoms with E-state index >= 15 is 0 Å². The Morgan fingerprint density at radius 2 is 1.79 bits per heavy atom. The molecule has 43 heavy (non-hydrogen) atoms. The van der Waals surface area contributed by atoms with Crippen LogP contribution in [0.4, 0.5) is 21.6 Å². The van der Waals surface area contributed by atoms with E-state index in [0.717, 1.165) is 84.9 Å². The van der Waals surface area contributed by atoms with Crippen LogP contribution in [0.3, 0.4) is 0 Å².